The molecule has 0 bridgehead atoms. The molecule has 0 aliphatic heterocycles. The van der Waals surface area contributed by atoms with E-state index in [9.17, 15) is 18.0 Å². The van der Waals surface area contributed by atoms with Gasteiger partial charge >= 0.3 is 6.18 Å². The number of carbonyl (C=O) groups is 1. The first-order valence-corrected chi connectivity index (χ1v) is 10.7. The van der Waals surface area contributed by atoms with Crippen LogP contribution in [0.5, 0.6) is 0 Å². The molecule has 2 aromatic carbocycles. The topological polar surface area (TPSA) is 66.1 Å². The van der Waals surface area contributed by atoms with Gasteiger partial charge in [-0.15, -0.1) is 0 Å². The lowest BCUT2D eigenvalue weighted by atomic mass is 9.90. The number of para-hydroxylation sites is 2. The van der Waals surface area contributed by atoms with Crippen LogP contribution in [-0.2, 0) is 6.18 Å². The molecule has 0 unspecified atom stereocenters. The zero-order valence-corrected chi connectivity index (χ0v) is 17.7. The number of pyridine rings is 1. The number of aromatic nitrogens is 1. The maximum atomic E-state index is 13.4. The first kappa shape index (κ1) is 21.9. The molecular formula is C24H25F3N4O. The second kappa shape index (κ2) is 9.06. The zero-order chi connectivity index (χ0) is 22.7. The Hall–Kier alpha value is -3.29. The summed E-state index contributed by atoms with van der Waals surface area (Å²) in [5, 5.41) is 10.1. The van der Waals surface area contributed by atoms with E-state index in [4.69, 9.17) is 0 Å². The molecule has 0 saturated heterocycles. The third-order valence-corrected chi connectivity index (χ3v) is 5.82. The lowest BCUT2D eigenvalue weighted by molar-refractivity contribution is -0.140. The fourth-order valence-electron chi connectivity index (χ4n) is 4.27. The number of rotatable bonds is 5. The summed E-state index contributed by atoms with van der Waals surface area (Å²) in [4.78, 5) is 16.6. The Morgan fingerprint density at radius 2 is 1.72 bits per heavy atom. The summed E-state index contributed by atoms with van der Waals surface area (Å²) in [5.41, 5.74) is 1.12. The summed E-state index contributed by atoms with van der Waals surface area (Å²) in [6.45, 7) is 0. The largest absolute Gasteiger partial charge is 0.433 e. The Kier molecular flexibility index (Phi) is 6.21. The summed E-state index contributed by atoms with van der Waals surface area (Å²) in [7, 11) is 1.76. The van der Waals surface area contributed by atoms with Crippen molar-refractivity contribution >= 4 is 28.2 Å². The summed E-state index contributed by atoms with van der Waals surface area (Å²) in [5.74, 6) is -0.158. The first-order chi connectivity index (χ1) is 15.3. The summed E-state index contributed by atoms with van der Waals surface area (Å²) >= 11 is 0. The van der Waals surface area contributed by atoms with E-state index in [0.717, 1.165) is 31.0 Å². The maximum absolute atomic E-state index is 13.4. The molecule has 1 heterocycles. The summed E-state index contributed by atoms with van der Waals surface area (Å²) in [6, 6.07) is 15.0. The van der Waals surface area contributed by atoms with E-state index in [2.05, 4.69) is 20.9 Å². The van der Waals surface area contributed by atoms with Crippen molar-refractivity contribution in [2.75, 3.05) is 17.7 Å². The molecule has 32 heavy (non-hydrogen) atoms. The molecule has 8 heteroatoms. The number of amides is 1. The molecule has 1 saturated carbocycles. The fourth-order valence-corrected chi connectivity index (χ4v) is 4.27. The molecule has 5 nitrogen and oxygen atoms in total. The van der Waals surface area contributed by atoms with Crippen molar-refractivity contribution in [1.82, 2.24) is 10.3 Å². The van der Waals surface area contributed by atoms with Crippen molar-refractivity contribution in [1.29, 1.82) is 0 Å². The number of benzene rings is 2. The first-order valence-electron chi connectivity index (χ1n) is 10.7. The van der Waals surface area contributed by atoms with Crippen LogP contribution < -0.4 is 16.0 Å². The predicted octanol–water partition coefficient (Wildman–Crippen LogP) is 5.45. The molecule has 1 aromatic heterocycles. The van der Waals surface area contributed by atoms with E-state index in [0.29, 0.717) is 28.6 Å². The predicted molar refractivity (Wildman–Crippen MR) is 120 cm³/mol. The van der Waals surface area contributed by atoms with E-state index in [1.165, 1.54) is 0 Å². The third kappa shape index (κ3) is 4.79. The zero-order valence-electron chi connectivity index (χ0n) is 17.7. The van der Waals surface area contributed by atoms with Crippen molar-refractivity contribution in [3.8, 4) is 0 Å². The SMILES string of the molecule is CNc1ccccc1C(=O)N[C@@H]1CCC[C@H](Nc2cc(C(F)(F)F)nc3ccccc23)C1. The van der Waals surface area contributed by atoms with Gasteiger partial charge in [0.25, 0.3) is 5.91 Å². The molecule has 2 atom stereocenters. The number of hydrogen-bond acceptors (Lipinski definition) is 4. The van der Waals surface area contributed by atoms with Gasteiger partial charge in [0, 0.05) is 35.9 Å². The molecule has 0 spiro atoms. The van der Waals surface area contributed by atoms with Gasteiger partial charge in [0.1, 0.15) is 5.69 Å². The van der Waals surface area contributed by atoms with Gasteiger partial charge < -0.3 is 16.0 Å². The minimum atomic E-state index is -4.52. The van der Waals surface area contributed by atoms with Gasteiger partial charge in [-0.1, -0.05) is 30.3 Å². The third-order valence-electron chi connectivity index (χ3n) is 5.82. The van der Waals surface area contributed by atoms with Crippen LogP contribution >= 0.6 is 0 Å². The maximum Gasteiger partial charge on any atom is 0.433 e. The highest BCUT2D eigenvalue weighted by Gasteiger charge is 2.34. The van der Waals surface area contributed by atoms with Crippen LogP contribution in [0.1, 0.15) is 41.7 Å². The summed E-state index contributed by atoms with van der Waals surface area (Å²) < 4.78 is 40.1. The second-order valence-corrected chi connectivity index (χ2v) is 8.04. The Bertz CT molecular complexity index is 1120. The normalized spacial score (nSPS) is 18.9. The molecule has 1 amide bonds. The number of alkyl halides is 3. The monoisotopic (exact) mass is 442 g/mol. The van der Waals surface area contributed by atoms with Crippen LogP contribution in [0.4, 0.5) is 24.5 Å². The van der Waals surface area contributed by atoms with E-state index >= 15 is 0 Å². The summed E-state index contributed by atoms with van der Waals surface area (Å²) in [6.07, 6.45) is -1.38. The van der Waals surface area contributed by atoms with Crippen molar-refractivity contribution in [2.24, 2.45) is 0 Å². The van der Waals surface area contributed by atoms with Crippen molar-refractivity contribution in [3.63, 3.8) is 0 Å². The molecule has 1 aliphatic rings. The average Bonchev–Trinajstić information content (AvgIpc) is 2.78. The number of nitrogens with one attached hydrogen (secondary N) is 3. The lowest BCUT2D eigenvalue weighted by Gasteiger charge is -2.31. The van der Waals surface area contributed by atoms with Gasteiger partial charge in [-0.3, -0.25) is 4.79 Å². The number of fused-ring (bicyclic) bond motifs is 1. The van der Waals surface area contributed by atoms with Crippen LogP contribution in [0.25, 0.3) is 10.9 Å². The standard InChI is InChI=1S/C24H25F3N4O/c1-28-19-11-4-3-10-18(19)23(32)30-16-8-6-7-15(13-16)29-21-14-22(24(25,26)27)31-20-12-5-2-9-17(20)21/h2-5,9-12,14-16,28H,6-8,13H2,1H3,(H,29,31)(H,30,32)/t15-,16+/m0/s1. The molecular weight excluding hydrogens is 417 g/mol. The number of nitrogens with zero attached hydrogens (tertiary/aromatic N) is 1. The Morgan fingerprint density at radius 1 is 1.00 bits per heavy atom. The number of carbonyl (C=O) groups excluding carboxylic acids is 1. The highest BCUT2D eigenvalue weighted by atomic mass is 19.4. The van der Waals surface area contributed by atoms with E-state index < -0.39 is 11.9 Å². The van der Waals surface area contributed by atoms with Crippen LogP contribution in [0.3, 0.4) is 0 Å². The van der Waals surface area contributed by atoms with Gasteiger partial charge in [-0.2, -0.15) is 13.2 Å². The second-order valence-electron chi connectivity index (χ2n) is 8.04. The van der Waals surface area contributed by atoms with Gasteiger partial charge in [0.05, 0.1) is 11.1 Å². The number of hydrogen-bond donors (Lipinski definition) is 3. The van der Waals surface area contributed by atoms with Crippen LogP contribution in [0.15, 0.2) is 54.6 Å². The Morgan fingerprint density at radius 3 is 2.50 bits per heavy atom. The lowest BCUT2D eigenvalue weighted by Crippen LogP contribution is -2.42. The minimum Gasteiger partial charge on any atom is -0.387 e. The van der Waals surface area contributed by atoms with Crippen LogP contribution in [-0.4, -0.2) is 30.0 Å². The van der Waals surface area contributed by atoms with Gasteiger partial charge in [-0.05, 0) is 49.9 Å². The number of halogens is 3. The minimum absolute atomic E-state index is 0.0551. The molecule has 3 aromatic rings. The Balaban J connectivity index is 1.51. The van der Waals surface area contributed by atoms with E-state index in [1.807, 2.05) is 18.2 Å². The highest BCUT2D eigenvalue weighted by Crippen LogP contribution is 2.34. The molecule has 4 rings (SSSR count). The van der Waals surface area contributed by atoms with Gasteiger partial charge in [0.2, 0.25) is 0 Å². The Labute approximate surface area is 184 Å². The van der Waals surface area contributed by atoms with Crippen LogP contribution in [0.2, 0.25) is 0 Å². The van der Waals surface area contributed by atoms with Crippen LogP contribution in [0, 0.1) is 0 Å². The van der Waals surface area contributed by atoms with Crippen molar-refractivity contribution < 1.29 is 18.0 Å². The van der Waals surface area contributed by atoms with E-state index in [1.54, 1.807) is 37.4 Å². The van der Waals surface area contributed by atoms with E-state index in [-0.39, 0.29) is 18.0 Å². The molecule has 1 fully saturated rings. The quantitative estimate of drug-likeness (QED) is 0.492. The number of anilines is 2. The molecule has 0 radical (unpaired) electrons. The van der Waals surface area contributed by atoms with Gasteiger partial charge in [-0.25, -0.2) is 4.98 Å². The average molecular weight is 442 g/mol. The smallest absolute Gasteiger partial charge is 0.387 e. The molecule has 3 N–H and O–H groups in total. The molecule has 1 aliphatic carbocycles. The fraction of sp³-hybridized carbons (Fsp3) is 0.333. The highest BCUT2D eigenvalue weighted by molar-refractivity contribution is 5.99. The molecule has 168 valence electrons. The van der Waals surface area contributed by atoms with Gasteiger partial charge in [0.15, 0.2) is 0 Å². The van der Waals surface area contributed by atoms with Crippen molar-refractivity contribution in [2.45, 2.75) is 43.9 Å². The van der Waals surface area contributed by atoms with Crippen molar-refractivity contribution in [3.05, 3.63) is 65.9 Å².